The third kappa shape index (κ3) is 2.32. The molecule has 0 aromatic heterocycles. The number of hydrogen-bond acceptors (Lipinski definition) is 2. The summed E-state index contributed by atoms with van der Waals surface area (Å²) in [5.74, 6) is 0. The van der Waals surface area contributed by atoms with Crippen molar-refractivity contribution in [2.45, 2.75) is 25.3 Å². The molecule has 1 fully saturated rings. The summed E-state index contributed by atoms with van der Waals surface area (Å²) in [6.07, 6.45) is 3.75. The average molecular weight is 168 g/mol. The minimum Gasteiger partial charge on any atom is -0.319 e. The Morgan fingerprint density at radius 1 is 1.67 bits per heavy atom. The average Bonchev–Trinajstić information content (AvgIpc) is 2.47. The first-order chi connectivity index (χ1) is 5.75. The monoisotopic (exact) mass is 168 g/mol. The van der Waals surface area contributed by atoms with E-state index in [1.165, 1.54) is 25.0 Å². The fourth-order valence-electron chi connectivity index (χ4n) is 1.88. The number of likely N-dealkylation sites (tertiary alicyclic amines) is 1. The third-order valence-corrected chi connectivity index (χ3v) is 2.69. The second-order valence-electron chi connectivity index (χ2n) is 3.65. The molecule has 0 amide bonds. The minimum atomic E-state index is 0.651. The van der Waals surface area contributed by atoms with Gasteiger partial charge in [0.2, 0.25) is 0 Å². The van der Waals surface area contributed by atoms with Crippen LogP contribution in [0.2, 0.25) is 0 Å². The van der Waals surface area contributed by atoms with Crippen molar-refractivity contribution in [1.82, 2.24) is 10.2 Å². The smallest absolute Gasteiger partial charge is 0.0302 e. The van der Waals surface area contributed by atoms with Gasteiger partial charge in [0, 0.05) is 6.04 Å². The highest BCUT2D eigenvalue weighted by molar-refractivity contribution is 5.08. The molecule has 0 aliphatic carbocycles. The third-order valence-electron chi connectivity index (χ3n) is 2.69. The van der Waals surface area contributed by atoms with Gasteiger partial charge >= 0.3 is 0 Å². The summed E-state index contributed by atoms with van der Waals surface area (Å²) in [7, 11) is 4.19. The first-order valence-corrected chi connectivity index (χ1v) is 4.78. The van der Waals surface area contributed by atoms with Crippen LogP contribution >= 0.6 is 0 Å². The van der Waals surface area contributed by atoms with Gasteiger partial charge < -0.3 is 5.32 Å². The number of likely N-dealkylation sites (N-methyl/N-ethyl adjacent to an activating group) is 1. The van der Waals surface area contributed by atoms with Gasteiger partial charge in [0.25, 0.3) is 0 Å². The van der Waals surface area contributed by atoms with Crippen molar-refractivity contribution in [2.24, 2.45) is 0 Å². The molecular weight excluding hydrogens is 148 g/mol. The van der Waals surface area contributed by atoms with E-state index >= 15 is 0 Å². The van der Waals surface area contributed by atoms with Crippen molar-refractivity contribution in [3.05, 3.63) is 12.2 Å². The summed E-state index contributed by atoms with van der Waals surface area (Å²) >= 11 is 0. The van der Waals surface area contributed by atoms with Gasteiger partial charge in [-0.15, -0.1) is 0 Å². The summed E-state index contributed by atoms with van der Waals surface area (Å²) in [6, 6.07) is 0.651. The van der Waals surface area contributed by atoms with E-state index in [1.54, 1.807) is 0 Å². The van der Waals surface area contributed by atoms with Crippen LogP contribution in [0.1, 0.15) is 19.3 Å². The SMILES string of the molecule is C=C(CCNC)C1CCCN1C. The van der Waals surface area contributed by atoms with Gasteiger partial charge in [0.1, 0.15) is 0 Å². The van der Waals surface area contributed by atoms with Crippen LogP contribution in [0.3, 0.4) is 0 Å². The number of hydrogen-bond donors (Lipinski definition) is 1. The molecule has 1 heterocycles. The summed E-state index contributed by atoms with van der Waals surface area (Å²) in [5, 5.41) is 3.16. The predicted molar refractivity (Wildman–Crippen MR) is 53.3 cm³/mol. The zero-order valence-corrected chi connectivity index (χ0v) is 8.27. The van der Waals surface area contributed by atoms with Crippen LogP contribution < -0.4 is 5.32 Å². The van der Waals surface area contributed by atoms with Crippen molar-refractivity contribution in [3.8, 4) is 0 Å². The Kier molecular flexibility index (Phi) is 3.76. The molecule has 0 bridgehead atoms. The van der Waals surface area contributed by atoms with Gasteiger partial charge in [-0.25, -0.2) is 0 Å². The van der Waals surface area contributed by atoms with E-state index in [2.05, 4.69) is 23.8 Å². The van der Waals surface area contributed by atoms with E-state index in [4.69, 9.17) is 0 Å². The first kappa shape index (κ1) is 9.75. The largest absolute Gasteiger partial charge is 0.319 e. The standard InChI is InChI=1S/C10H20N2/c1-9(6-7-11-2)10-5-4-8-12(10)3/h10-11H,1,4-8H2,2-3H3. The molecule has 0 aromatic rings. The van der Waals surface area contributed by atoms with Crippen molar-refractivity contribution in [2.75, 3.05) is 27.2 Å². The van der Waals surface area contributed by atoms with Crippen LogP contribution in [0.15, 0.2) is 12.2 Å². The predicted octanol–water partition coefficient (Wildman–Crippen LogP) is 1.25. The van der Waals surface area contributed by atoms with Crippen LogP contribution in [0, 0.1) is 0 Å². The zero-order chi connectivity index (χ0) is 8.97. The summed E-state index contributed by atoms with van der Waals surface area (Å²) in [6.45, 7) is 6.44. The summed E-state index contributed by atoms with van der Waals surface area (Å²) < 4.78 is 0. The molecular formula is C10H20N2. The van der Waals surface area contributed by atoms with Gasteiger partial charge in [-0.2, -0.15) is 0 Å². The second kappa shape index (κ2) is 4.63. The highest BCUT2D eigenvalue weighted by Gasteiger charge is 2.22. The van der Waals surface area contributed by atoms with Gasteiger partial charge in [-0.3, -0.25) is 4.90 Å². The summed E-state index contributed by atoms with van der Waals surface area (Å²) in [4.78, 5) is 2.41. The molecule has 1 aliphatic heterocycles. The first-order valence-electron chi connectivity index (χ1n) is 4.78. The Hall–Kier alpha value is -0.340. The number of rotatable bonds is 4. The molecule has 70 valence electrons. The molecule has 0 aromatic carbocycles. The van der Waals surface area contributed by atoms with Crippen LogP contribution in [0.4, 0.5) is 0 Å². The van der Waals surface area contributed by atoms with E-state index in [1.807, 2.05) is 7.05 Å². The Balaban J connectivity index is 2.30. The van der Waals surface area contributed by atoms with Gasteiger partial charge in [-0.05, 0) is 46.4 Å². The lowest BCUT2D eigenvalue weighted by Crippen LogP contribution is -2.27. The van der Waals surface area contributed by atoms with Crippen molar-refractivity contribution >= 4 is 0 Å². The molecule has 0 radical (unpaired) electrons. The van der Waals surface area contributed by atoms with E-state index in [9.17, 15) is 0 Å². The lowest BCUT2D eigenvalue weighted by molar-refractivity contribution is 0.340. The zero-order valence-electron chi connectivity index (χ0n) is 8.27. The fraction of sp³-hybridized carbons (Fsp3) is 0.800. The highest BCUT2D eigenvalue weighted by Crippen LogP contribution is 2.22. The molecule has 0 spiro atoms. The number of nitrogens with zero attached hydrogens (tertiary/aromatic N) is 1. The molecule has 2 heteroatoms. The van der Waals surface area contributed by atoms with Gasteiger partial charge in [0.15, 0.2) is 0 Å². The van der Waals surface area contributed by atoms with Gasteiger partial charge in [-0.1, -0.05) is 12.2 Å². The quantitative estimate of drug-likeness (QED) is 0.635. The molecule has 12 heavy (non-hydrogen) atoms. The lowest BCUT2D eigenvalue weighted by Gasteiger charge is -2.21. The molecule has 0 saturated carbocycles. The van der Waals surface area contributed by atoms with Crippen LogP contribution in [0.25, 0.3) is 0 Å². The Morgan fingerprint density at radius 3 is 2.92 bits per heavy atom. The normalized spacial score (nSPS) is 24.7. The van der Waals surface area contributed by atoms with Gasteiger partial charge in [0.05, 0.1) is 0 Å². The maximum absolute atomic E-state index is 4.14. The van der Waals surface area contributed by atoms with E-state index in [0.29, 0.717) is 6.04 Å². The van der Waals surface area contributed by atoms with Crippen molar-refractivity contribution < 1.29 is 0 Å². The Bertz CT molecular complexity index is 154. The lowest BCUT2D eigenvalue weighted by atomic mass is 10.0. The van der Waals surface area contributed by atoms with E-state index in [0.717, 1.165) is 13.0 Å². The topological polar surface area (TPSA) is 15.3 Å². The Labute approximate surface area is 75.6 Å². The second-order valence-corrected chi connectivity index (χ2v) is 3.65. The van der Waals surface area contributed by atoms with E-state index < -0.39 is 0 Å². The summed E-state index contributed by atoms with van der Waals surface area (Å²) in [5.41, 5.74) is 1.39. The maximum atomic E-state index is 4.14. The highest BCUT2D eigenvalue weighted by atomic mass is 15.1. The van der Waals surface area contributed by atoms with Crippen LogP contribution in [-0.4, -0.2) is 38.1 Å². The maximum Gasteiger partial charge on any atom is 0.0302 e. The van der Waals surface area contributed by atoms with E-state index in [-0.39, 0.29) is 0 Å². The molecule has 1 aliphatic rings. The molecule has 2 nitrogen and oxygen atoms in total. The molecule has 1 atom stereocenters. The molecule has 1 saturated heterocycles. The van der Waals surface area contributed by atoms with Crippen molar-refractivity contribution in [1.29, 1.82) is 0 Å². The Morgan fingerprint density at radius 2 is 2.42 bits per heavy atom. The van der Waals surface area contributed by atoms with Crippen molar-refractivity contribution in [3.63, 3.8) is 0 Å². The molecule has 1 N–H and O–H groups in total. The molecule has 1 unspecified atom stereocenters. The fourth-order valence-corrected chi connectivity index (χ4v) is 1.88. The van der Waals surface area contributed by atoms with Crippen LogP contribution in [-0.2, 0) is 0 Å². The van der Waals surface area contributed by atoms with Crippen LogP contribution in [0.5, 0.6) is 0 Å². The number of nitrogens with one attached hydrogen (secondary N) is 1. The molecule has 1 rings (SSSR count). The minimum absolute atomic E-state index is 0.651.